The van der Waals surface area contributed by atoms with Crippen molar-refractivity contribution in [1.29, 1.82) is 0 Å². The summed E-state index contributed by atoms with van der Waals surface area (Å²) < 4.78 is 49.0. The third kappa shape index (κ3) is 5.25. The lowest BCUT2D eigenvalue weighted by atomic mass is 10.1. The highest BCUT2D eigenvalue weighted by Crippen LogP contribution is 2.33. The molecule has 1 heterocycles. The molecule has 2 aromatic carbocycles. The summed E-state index contributed by atoms with van der Waals surface area (Å²) in [4.78, 5) is 16.7. The van der Waals surface area contributed by atoms with Crippen LogP contribution in [0, 0.1) is 6.92 Å². The molecule has 162 valence electrons. The smallest absolute Gasteiger partial charge is 0.416 e. The van der Waals surface area contributed by atoms with Crippen molar-refractivity contribution in [2.24, 2.45) is 0 Å². The van der Waals surface area contributed by atoms with Crippen LogP contribution < -0.4 is 20.1 Å². The average Bonchev–Trinajstić information content (AvgIpc) is 2.74. The number of ether oxygens (including phenoxy) is 2. The molecule has 0 bridgehead atoms. The molecular weight excluding hydrogens is 411 g/mol. The number of anilines is 2. The van der Waals surface area contributed by atoms with Gasteiger partial charge in [0.2, 0.25) is 0 Å². The Balaban J connectivity index is 1.74. The molecule has 0 atom stereocenters. The van der Waals surface area contributed by atoms with Gasteiger partial charge in [0.05, 0.1) is 36.9 Å². The van der Waals surface area contributed by atoms with Crippen LogP contribution >= 0.6 is 0 Å². The highest BCUT2D eigenvalue weighted by molar-refractivity contribution is 6.00. The SMILES string of the molecule is COc1ccc(-c2ccc(NC(=O)Nc3cccc(C(F)(F)F)c3)c(C)n2)cc1OC. The molecule has 0 aliphatic carbocycles. The Labute approximate surface area is 177 Å². The van der Waals surface area contributed by atoms with Crippen molar-refractivity contribution in [3.05, 3.63) is 65.9 Å². The van der Waals surface area contributed by atoms with Crippen molar-refractivity contribution in [3.8, 4) is 22.8 Å². The number of nitrogens with zero attached hydrogens (tertiary/aromatic N) is 1. The number of aromatic nitrogens is 1. The number of benzene rings is 2. The van der Waals surface area contributed by atoms with Crippen LogP contribution in [0.5, 0.6) is 11.5 Å². The number of carbonyl (C=O) groups excluding carboxylic acids is 1. The minimum Gasteiger partial charge on any atom is -0.493 e. The van der Waals surface area contributed by atoms with E-state index in [0.29, 0.717) is 28.6 Å². The summed E-state index contributed by atoms with van der Waals surface area (Å²) in [6.45, 7) is 1.71. The number of nitrogens with one attached hydrogen (secondary N) is 2. The Morgan fingerprint density at radius 2 is 1.68 bits per heavy atom. The second kappa shape index (κ2) is 8.95. The van der Waals surface area contributed by atoms with Gasteiger partial charge in [-0.2, -0.15) is 13.2 Å². The molecule has 0 saturated carbocycles. The zero-order chi connectivity index (χ0) is 22.6. The van der Waals surface area contributed by atoms with E-state index in [2.05, 4.69) is 15.6 Å². The maximum atomic E-state index is 12.8. The second-order valence-corrected chi connectivity index (χ2v) is 6.56. The highest BCUT2D eigenvalue weighted by Gasteiger charge is 2.30. The third-order valence-corrected chi connectivity index (χ3v) is 4.46. The second-order valence-electron chi connectivity index (χ2n) is 6.56. The third-order valence-electron chi connectivity index (χ3n) is 4.46. The topological polar surface area (TPSA) is 72.5 Å². The number of rotatable bonds is 5. The number of carbonyl (C=O) groups is 1. The Hall–Kier alpha value is -3.75. The molecule has 9 heteroatoms. The molecule has 2 amide bonds. The van der Waals surface area contributed by atoms with E-state index in [1.54, 1.807) is 38.3 Å². The first-order valence-electron chi connectivity index (χ1n) is 9.16. The van der Waals surface area contributed by atoms with Crippen molar-refractivity contribution in [3.63, 3.8) is 0 Å². The fraction of sp³-hybridized carbons (Fsp3) is 0.182. The molecule has 0 unspecified atom stereocenters. The minimum absolute atomic E-state index is 0.0277. The summed E-state index contributed by atoms with van der Waals surface area (Å²) >= 11 is 0. The van der Waals surface area contributed by atoms with Crippen molar-refractivity contribution < 1.29 is 27.4 Å². The number of pyridine rings is 1. The van der Waals surface area contributed by atoms with Gasteiger partial charge >= 0.3 is 12.2 Å². The van der Waals surface area contributed by atoms with Crippen LogP contribution in [0.15, 0.2) is 54.6 Å². The molecule has 31 heavy (non-hydrogen) atoms. The van der Waals surface area contributed by atoms with E-state index in [4.69, 9.17) is 9.47 Å². The maximum absolute atomic E-state index is 12.8. The van der Waals surface area contributed by atoms with Gasteiger partial charge < -0.3 is 20.1 Å². The van der Waals surface area contributed by atoms with Gasteiger partial charge in [-0.15, -0.1) is 0 Å². The van der Waals surface area contributed by atoms with Crippen molar-refractivity contribution in [2.45, 2.75) is 13.1 Å². The monoisotopic (exact) mass is 431 g/mol. The van der Waals surface area contributed by atoms with Crippen LogP contribution in [0.4, 0.5) is 29.3 Å². The molecule has 0 spiro atoms. The van der Waals surface area contributed by atoms with E-state index in [-0.39, 0.29) is 5.69 Å². The minimum atomic E-state index is -4.49. The van der Waals surface area contributed by atoms with E-state index in [9.17, 15) is 18.0 Å². The van der Waals surface area contributed by atoms with Gasteiger partial charge in [0.15, 0.2) is 11.5 Å². The van der Waals surface area contributed by atoms with E-state index in [1.807, 2.05) is 6.07 Å². The highest BCUT2D eigenvalue weighted by atomic mass is 19.4. The van der Waals surface area contributed by atoms with Gasteiger partial charge in [0, 0.05) is 11.3 Å². The molecule has 6 nitrogen and oxygen atoms in total. The van der Waals surface area contributed by atoms with Crippen LogP contribution in [-0.2, 0) is 6.18 Å². The van der Waals surface area contributed by atoms with Crippen LogP contribution in [0.25, 0.3) is 11.3 Å². The van der Waals surface area contributed by atoms with Gasteiger partial charge in [-0.05, 0) is 55.5 Å². The first-order valence-corrected chi connectivity index (χ1v) is 9.16. The standard InChI is InChI=1S/C22H20F3N3O3/c1-13-17(28-21(29)27-16-6-4-5-15(12-16)22(23,24)25)8-9-18(26-13)14-7-10-19(30-2)20(11-14)31-3/h4-12H,1-3H3,(H2,27,28,29). The van der Waals surface area contributed by atoms with Crippen LogP contribution in [0.1, 0.15) is 11.3 Å². The quantitative estimate of drug-likeness (QED) is 0.541. The zero-order valence-electron chi connectivity index (χ0n) is 17.0. The van der Waals surface area contributed by atoms with Crippen LogP contribution in [0.3, 0.4) is 0 Å². The first kappa shape index (κ1) is 21.9. The van der Waals surface area contributed by atoms with Crippen molar-refractivity contribution >= 4 is 17.4 Å². The predicted octanol–water partition coefficient (Wildman–Crippen LogP) is 5.74. The molecule has 2 N–H and O–H groups in total. The summed E-state index contributed by atoms with van der Waals surface area (Å²) in [5.74, 6) is 1.15. The molecular formula is C22H20F3N3O3. The molecule has 0 saturated heterocycles. The number of aryl methyl sites for hydroxylation is 1. The van der Waals surface area contributed by atoms with Gasteiger partial charge in [-0.1, -0.05) is 6.07 Å². The fourth-order valence-corrected chi connectivity index (χ4v) is 2.91. The molecule has 0 radical (unpaired) electrons. The van der Waals surface area contributed by atoms with Gasteiger partial charge in [0.1, 0.15) is 0 Å². The number of hydrogen-bond acceptors (Lipinski definition) is 4. The molecule has 3 rings (SSSR count). The average molecular weight is 431 g/mol. The van der Waals surface area contributed by atoms with Crippen LogP contribution in [-0.4, -0.2) is 25.2 Å². The van der Waals surface area contributed by atoms with Crippen molar-refractivity contribution in [1.82, 2.24) is 4.98 Å². The largest absolute Gasteiger partial charge is 0.493 e. The Morgan fingerprint density at radius 3 is 2.32 bits per heavy atom. The van der Waals surface area contributed by atoms with E-state index in [0.717, 1.165) is 17.7 Å². The number of methoxy groups -OCH3 is 2. The summed E-state index contributed by atoms with van der Waals surface area (Å²) in [6.07, 6.45) is -4.49. The molecule has 1 aromatic heterocycles. The molecule has 0 fully saturated rings. The summed E-state index contributed by atoms with van der Waals surface area (Å²) in [6, 6.07) is 12.5. The Morgan fingerprint density at radius 1 is 0.935 bits per heavy atom. The number of alkyl halides is 3. The molecule has 3 aromatic rings. The molecule has 0 aliphatic rings. The van der Waals surface area contributed by atoms with Gasteiger partial charge in [0.25, 0.3) is 0 Å². The number of halogens is 3. The number of amides is 2. The first-order chi connectivity index (χ1) is 14.7. The predicted molar refractivity (Wildman–Crippen MR) is 112 cm³/mol. The number of urea groups is 1. The lowest BCUT2D eigenvalue weighted by molar-refractivity contribution is -0.137. The zero-order valence-corrected chi connectivity index (χ0v) is 17.0. The Bertz CT molecular complexity index is 1100. The molecule has 0 aliphatic heterocycles. The Kier molecular flexibility index (Phi) is 6.33. The lowest BCUT2D eigenvalue weighted by Gasteiger charge is -2.13. The van der Waals surface area contributed by atoms with Gasteiger partial charge in [-0.25, -0.2) is 4.79 Å². The normalized spacial score (nSPS) is 11.0. The van der Waals surface area contributed by atoms with Crippen LogP contribution in [0.2, 0.25) is 0 Å². The van der Waals surface area contributed by atoms with E-state index < -0.39 is 17.8 Å². The van der Waals surface area contributed by atoms with E-state index in [1.165, 1.54) is 19.2 Å². The van der Waals surface area contributed by atoms with E-state index >= 15 is 0 Å². The lowest BCUT2D eigenvalue weighted by Crippen LogP contribution is -2.20. The van der Waals surface area contributed by atoms with Crippen molar-refractivity contribution in [2.75, 3.05) is 24.9 Å². The summed E-state index contributed by atoms with van der Waals surface area (Å²) in [5.41, 5.74) is 1.59. The summed E-state index contributed by atoms with van der Waals surface area (Å²) in [7, 11) is 3.08. The summed E-state index contributed by atoms with van der Waals surface area (Å²) in [5, 5.41) is 4.99. The fourth-order valence-electron chi connectivity index (χ4n) is 2.91. The number of hydrogen-bond donors (Lipinski definition) is 2. The maximum Gasteiger partial charge on any atom is 0.416 e. The van der Waals surface area contributed by atoms with Gasteiger partial charge in [-0.3, -0.25) is 4.98 Å².